The summed E-state index contributed by atoms with van der Waals surface area (Å²) in [6.45, 7) is 8.47. The first-order chi connectivity index (χ1) is 19.9. The lowest BCUT2D eigenvalue weighted by Gasteiger charge is -2.42. The molecule has 4 heterocycles. The molecule has 10 heteroatoms. The molecule has 1 saturated heterocycles. The number of ether oxygens (including phenoxy) is 1. The molecule has 9 nitrogen and oxygen atoms in total. The van der Waals surface area contributed by atoms with Gasteiger partial charge in [0.2, 0.25) is 5.91 Å². The summed E-state index contributed by atoms with van der Waals surface area (Å²) in [5.41, 5.74) is 3.53. The Kier molecular flexibility index (Phi) is 7.58. The van der Waals surface area contributed by atoms with E-state index in [4.69, 9.17) is 14.7 Å². The fourth-order valence-electron chi connectivity index (χ4n) is 6.29. The van der Waals surface area contributed by atoms with Crippen molar-refractivity contribution in [2.24, 2.45) is 5.41 Å². The van der Waals surface area contributed by atoms with Crippen LogP contribution in [0.3, 0.4) is 0 Å². The highest BCUT2D eigenvalue weighted by Gasteiger charge is 2.44. The van der Waals surface area contributed by atoms with Gasteiger partial charge in [0.15, 0.2) is 0 Å². The van der Waals surface area contributed by atoms with Crippen molar-refractivity contribution in [2.45, 2.75) is 38.3 Å². The third-order valence-electron chi connectivity index (χ3n) is 8.50. The maximum atomic E-state index is 12.5. The number of amides is 1. The molecule has 2 fully saturated rings. The van der Waals surface area contributed by atoms with Gasteiger partial charge < -0.3 is 24.3 Å². The molecule has 1 aromatic carbocycles. The highest BCUT2D eigenvalue weighted by molar-refractivity contribution is 7.17. The lowest BCUT2D eigenvalue weighted by Crippen LogP contribution is -2.55. The first-order valence-corrected chi connectivity index (χ1v) is 15.2. The van der Waals surface area contributed by atoms with Gasteiger partial charge in [-0.15, -0.1) is 11.3 Å². The van der Waals surface area contributed by atoms with E-state index in [0.29, 0.717) is 38.8 Å². The number of rotatable bonds is 9. The maximum Gasteiger partial charge on any atom is 0.318 e. The normalized spacial score (nSPS) is 19.7. The summed E-state index contributed by atoms with van der Waals surface area (Å²) in [6.07, 6.45) is 4.71. The monoisotopic (exact) mass is 571 g/mol. The van der Waals surface area contributed by atoms with Crippen LogP contribution < -0.4 is 14.5 Å². The molecule has 1 saturated carbocycles. The Morgan fingerprint density at radius 3 is 2.85 bits per heavy atom. The predicted molar refractivity (Wildman–Crippen MR) is 162 cm³/mol. The topological polar surface area (TPSA) is 88.8 Å². The van der Waals surface area contributed by atoms with Crippen LogP contribution in [-0.4, -0.2) is 85.1 Å². The van der Waals surface area contributed by atoms with E-state index < -0.39 is 0 Å². The van der Waals surface area contributed by atoms with Crippen molar-refractivity contribution < 1.29 is 9.53 Å². The predicted octanol–water partition coefficient (Wildman–Crippen LogP) is 4.09. The summed E-state index contributed by atoms with van der Waals surface area (Å²) in [4.78, 5) is 31.1. The minimum absolute atomic E-state index is 0.132. The Morgan fingerprint density at radius 1 is 1.24 bits per heavy atom. The number of carbonyl (C=O) groups excluding carboxylic acids is 1. The Balaban J connectivity index is 1.32. The molecule has 0 spiro atoms. The van der Waals surface area contributed by atoms with E-state index in [2.05, 4.69) is 71.1 Å². The Labute approximate surface area is 245 Å². The fourth-order valence-corrected chi connectivity index (χ4v) is 7.24. The number of thiophene rings is 1. The molecule has 0 N–H and O–H groups in total. The van der Waals surface area contributed by atoms with E-state index in [1.54, 1.807) is 16.2 Å². The second-order valence-electron chi connectivity index (χ2n) is 11.8. The van der Waals surface area contributed by atoms with Gasteiger partial charge in [-0.1, -0.05) is 18.7 Å². The van der Waals surface area contributed by atoms with Crippen LogP contribution in [0.5, 0.6) is 6.01 Å². The van der Waals surface area contributed by atoms with Crippen LogP contribution in [0.2, 0.25) is 0 Å². The molecule has 214 valence electrons. The van der Waals surface area contributed by atoms with Crippen LogP contribution in [0.25, 0.3) is 10.1 Å². The van der Waals surface area contributed by atoms with Crippen molar-refractivity contribution >= 4 is 38.8 Å². The van der Waals surface area contributed by atoms with Crippen LogP contribution in [0.15, 0.2) is 42.3 Å². The average Bonchev–Trinajstić information content (AvgIpc) is 3.55. The largest absolute Gasteiger partial charge is 0.463 e. The number of nitrogens with zero attached hydrogens (tertiary/aromatic N) is 7. The van der Waals surface area contributed by atoms with Gasteiger partial charge in [-0.3, -0.25) is 4.79 Å². The molecule has 2 aliphatic heterocycles. The second kappa shape index (κ2) is 11.3. The van der Waals surface area contributed by atoms with E-state index in [1.807, 2.05) is 0 Å². The summed E-state index contributed by atoms with van der Waals surface area (Å²) < 4.78 is 7.65. The minimum atomic E-state index is -0.222. The first-order valence-electron chi connectivity index (χ1n) is 14.3. The summed E-state index contributed by atoms with van der Waals surface area (Å²) in [5, 5.41) is 12.9. The van der Waals surface area contributed by atoms with E-state index in [-0.39, 0.29) is 23.8 Å². The van der Waals surface area contributed by atoms with Crippen LogP contribution >= 0.6 is 11.3 Å². The van der Waals surface area contributed by atoms with Crippen molar-refractivity contribution in [3.63, 3.8) is 0 Å². The molecule has 2 aromatic heterocycles. The van der Waals surface area contributed by atoms with Crippen molar-refractivity contribution in [3.8, 4) is 12.1 Å². The Bertz CT molecular complexity index is 1490. The van der Waals surface area contributed by atoms with Gasteiger partial charge in [-0.05, 0) is 62.3 Å². The summed E-state index contributed by atoms with van der Waals surface area (Å²) in [6, 6.07) is 11.1. The number of hydrogen-bond donors (Lipinski definition) is 0. The molecule has 3 aliphatic rings. The molecule has 0 radical (unpaired) electrons. The van der Waals surface area contributed by atoms with Crippen LogP contribution in [0, 0.1) is 16.7 Å². The molecule has 1 amide bonds. The van der Waals surface area contributed by atoms with Gasteiger partial charge >= 0.3 is 6.01 Å². The zero-order valence-corrected chi connectivity index (χ0v) is 24.7. The van der Waals surface area contributed by atoms with Gasteiger partial charge in [-0.25, -0.2) is 0 Å². The van der Waals surface area contributed by atoms with Gasteiger partial charge in [0.1, 0.15) is 5.82 Å². The molecule has 1 unspecified atom stereocenters. The number of piperazine rings is 1. The third-order valence-corrected chi connectivity index (χ3v) is 9.46. The number of anilines is 2. The standard InChI is InChI=1S/C31H37N7O2S/c1-4-27(39)38-16-15-37(18-23(38)8-13-32)29-24-9-14-36(26-7-5-6-22-10-17-41-28(22)26)19-25(24)33-30(34-29)40-21-31(11-12-31)20-35(2)3/h4-7,10,17,23H,1,8-9,11-12,14-16,18-21H2,2-3H3. The van der Waals surface area contributed by atoms with E-state index in [0.717, 1.165) is 49.4 Å². The van der Waals surface area contributed by atoms with Crippen molar-refractivity contribution in [1.82, 2.24) is 19.8 Å². The number of hydrogen-bond acceptors (Lipinski definition) is 9. The van der Waals surface area contributed by atoms with E-state index in [9.17, 15) is 10.1 Å². The Hall–Kier alpha value is -3.68. The Morgan fingerprint density at radius 2 is 2.10 bits per heavy atom. The van der Waals surface area contributed by atoms with Crippen LogP contribution in [0.1, 0.15) is 30.5 Å². The lowest BCUT2D eigenvalue weighted by molar-refractivity contribution is -0.128. The summed E-state index contributed by atoms with van der Waals surface area (Å²) in [7, 11) is 4.20. The number of nitriles is 1. The second-order valence-corrected chi connectivity index (χ2v) is 12.7. The third kappa shape index (κ3) is 5.61. The van der Waals surface area contributed by atoms with E-state index in [1.165, 1.54) is 21.8 Å². The summed E-state index contributed by atoms with van der Waals surface area (Å²) in [5.74, 6) is 0.748. The van der Waals surface area contributed by atoms with Crippen molar-refractivity contribution in [2.75, 3.05) is 63.2 Å². The maximum absolute atomic E-state index is 12.5. The lowest BCUT2D eigenvalue weighted by atomic mass is 10.0. The number of fused-ring (bicyclic) bond motifs is 2. The number of benzene rings is 1. The van der Waals surface area contributed by atoms with Crippen molar-refractivity contribution in [1.29, 1.82) is 5.26 Å². The molecule has 1 aliphatic carbocycles. The van der Waals surface area contributed by atoms with Gasteiger partial charge in [0.05, 0.1) is 47.8 Å². The molecule has 41 heavy (non-hydrogen) atoms. The molecular formula is C31H37N7O2S. The smallest absolute Gasteiger partial charge is 0.318 e. The van der Waals surface area contributed by atoms with Gasteiger partial charge in [0, 0.05) is 43.7 Å². The fraction of sp³-hybridized carbons (Fsp3) is 0.484. The minimum Gasteiger partial charge on any atom is -0.463 e. The highest BCUT2D eigenvalue weighted by Crippen LogP contribution is 2.46. The summed E-state index contributed by atoms with van der Waals surface area (Å²) >= 11 is 1.77. The van der Waals surface area contributed by atoms with Crippen LogP contribution in [0.4, 0.5) is 11.5 Å². The molecule has 1 atom stereocenters. The van der Waals surface area contributed by atoms with Crippen molar-refractivity contribution in [3.05, 3.63) is 53.6 Å². The number of carbonyl (C=O) groups is 1. The van der Waals surface area contributed by atoms with Gasteiger partial charge in [-0.2, -0.15) is 15.2 Å². The molecule has 6 rings (SSSR count). The quantitative estimate of drug-likeness (QED) is 0.355. The first kappa shape index (κ1) is 27.5. The molecule has 3 aromatic rings. The van der Waals surface area contributed by atoms with Gasteiger partial charge in [0.25, 0.3) is 0 Å². The van der Waals surface area contributed by atoms with E-state index >= 15 is 0 Å². The molecule has 0 bridgehead atoms. The average molecular weight is 572 g/mol. The zero-order valence-electron chi connectivity index (χ0n) is 23.9. The molecular weight excluding hydrogens is 534 g/mol. The SMILES string of the molecule is C=CC(=O)N1CCN(c2nc(OCC3(CN(C)C)CC3)nc3c2CCN(c2cccc4ccsc24)C3)CC1CC#N. The van der Waals surface area contributed by atoms with Crippen LogP contribution in [-0.2, 0) is 17.8 Å². The number of aromatic nitrogens is 2. The highest BCUT2D eigenvalue weighted by atomic mass is 32.1. The zero-order chi connectivity index (χ0) is 28.6.